The minimum Gasteiger partial charge on any atom is -0.490 e. The second kappa shape index (κ2) is 7.08. The quantitative estimate of drug-likeness (QED) is 0.585. The zero-order valence-corrected chi connectivity index (χ0v) is 15.5. The van der Waals surface area contributed by atoms with E-state index in [2.05, 4.69) is 5.32 Å². The summed E-state index contributed by atoms with van der Waals surface area (Å²) in [6, 6.07) is 4.48. The van der Waals surface area contributed by atoms with Crippen molar-refractivity contribution in [3.8, 4) is 17.0 Å². The van der Waals surface area contributed by atoms with Gasteiger partial charge in [-0.25, -0.2) is 13.8 Å². The van der Waals surface area contributed by atoms with E-state index in [-0.39, 0.29) is 16.9 Å². The van der Waals surface area contributed by atoms with E-state index >= 15 is 0 Å². The van der Waals surface area contributed by atoms with Crippen LogP contribution in [0, 0.1) is 17.6 Å². The largest absolute Gasteiger partial charge is 0.490 e. The molecule has 0 spiro atoms. The highest BCUT2D eigenvalue weighted by Crippen LogP contribution is 2.46. The molecule has 27 heavy (non-hydrogen) atoms. The number of ether oxygens (including phenoxy) is 1. The average molecular weight is 393 g/mol. The number of carbonyl (C=O) groups excluding carboxylic acids is 1. The highest BCUT2D eigenvalue weighted by molar-refractivity contribution is 6.31. The molecule has 1 aliphatic carbocycles. The van der Waals surface area contributed by atoms with E-state index in [1.807, 2.05) is 13.0 Å². The standard InChI is InChI=1S/C20H19ClF2N2O2/c1-10-8-27-20-13(10)6-17(14(7-24-9-26)11-2-3-11)25-19(20)12-4-15(21)18(23)16(22)5-12/h4-6,9-11,14H,2-3,7-8H2,1H3,(H,24,26). The lowest BCUT2D eigenvalue weighted by Gasteiger charge is -2.19. The SMILES string of the molecule is CC1COc2c1cc(C(CNC=O)C1CC1)nc2-c1cc(F)c(F)c(Cl)c1. The molecule has 0 radical (unpaired) electrons. The zero-order chi connectivity index (χ0) is 19.1. The third-order valence-corrected chi connectivity index (χ3v) is 5.55. The van der Waals surface area contributed by atoms with Gasteiger partial charge in [0.25, 0.3) is 0 Å². The summed E-state index contributed by atoms with van der Waals surface area (Å²) in [6.07, 6.45) is 2.86. The second-order valence-corrected chi connectivity index (χ2v) is 7.66. The van der Waals surface area contributed by atoms with Gasteiger partial charge in [-0.05, 0) is 37.0 Å². The number of benzene rings is 1. The Hall–Kier alpha value is -2.21. The number of hydrogen-bond donors (Lipinski definition) is 1. The molecule has 2 unspecified atom stereocenters. The van der Waals surface area contributed by atoms with E-state index in [0.717, 1.165) is 30.2 Å². The minimum atomic E-state index is -1.08. The van der Waals surface area contributed by atoms with Gasteiger partial charge in [-0.1, -0.05) is 18.5 Å². The molecular formula is C20H19ClF2N2O2. The van der Waals surface area contributed by atoms with Crippen LogP contribution in [0.25, 0.3) is 11.3 Å². The van der Waals surface area contributed by atoms with E-state index in [1.165, 1.54) is 6.07 Å². The molecule has 4 nitrogen and oxygen atoms in total. The maximum Gasteiger partial charge on any atom is 0.207 e. The number of nitrogens with zero attached hydrogens (tertiary/aromatic N) is 1. The minimum absolute atomic E-state index is 0.0767. The van der Waals surface area contributed by atoms with Crippen LogP contribution in [-0.2, 0) is 4.79 Å². The van der Waals surface area contributed by atoms with Crippen LogP contribution in [0.1, 0.15) is 42.9 Å². The first-order valence-electron chi connectivity index (χ1n) is 8.99. The van der Waals surface area contributed by atoms with Crippen molar-refractivity contribution < 1.29 is 18.3 Å². The first-order chi connectivity index (χ1) is 13.0. The number of carbonyl (C=O) groups is 1. The van der Waals surface area contributed by atoms with Crippen LogP contribution in [0.5, 0.6) is 5.75 Å². The molecule has 1 aliphatic heterocycles. The number of hydrogen-bond acceptors (Lipinski definition) is 3. The van der Waals surface area contributed by atoms with Gasteiger partial charge >= 0.3 is 0 Å². The molecule has 142 valence electrons. The molecule has 2 aliphatic rings. The summed E-state index contributed by atoms with van der Waals surface area (Å²) in [5.41, 5.74) is 2.67. The summed E-state index contributed by atoms with van der Waals surface area (Å²) < 4.78 is 33.4. The van der Waals surface area contributed by atoms with Crippen molar-refractivity contribution in [1.82, 2.24) is 10.3 Å². The predicted octanol–water partition coefficient (Wildman–Crippen LogP) is 4.42. The summed E-state index contributed by atoms with van der Waals surface area (Å²) in [5, 5.41) is 2.46. The molecule has 2 aromatic rings. The fourth-order valence-electron chi connectivity index (χ4n) is 3.65. The topological polar surface area (TPSA) is 51.2 Å². The van der Waals surface area contributed by atoms with E-state index in [4.69, 9.17) is 21.3 Å². The van der Waals surface area contributed by atoms with Gasteiger partial charge in [0, 0.05) is 35.2 Å². The summed E-state index contributed by atoms with van der Waals surface area (Å²) in [4.78, 5) is 15.5. The van der Waals surface area contributed by atoms with Gasteiger partial charge in [0.2, 0.25) is 6.41 Å². The monoisotopic (exact) mass is 392 g/mol. The van der Waals surface area contributed by atoms with Crippen molar-refractivity contribution in [3.63, 3.8) is 0 Å². The average Bonchev–Trinajstić information content (AvgIpc) is 3.42. The molecule has 0 bridgehead atoms. The Morgan fingerprint density at radius 3 is 2.81 bits per heavy atom. The highest BCUT2D eigenvalue weighted by Gasteiger charge is 2.35. The van der Waals surface area contributed by atoms with Crippen LogP contribution in [-0.4, -0.2) is 24.5 Å². The van der Waals surface area contributed by atoms with Crippen LogP contribution in [0.15, 0.2) is 18.2 Å². The number of pyridine rings is 1. The maximum absolute atomic E-state index is 13.9. The third-order valence-electron chi connectivity index (χ3n) is 5.28. The van der Waals surface area contributed by atoms with E-state index in [0.29, 0.717) is 42.5 Å². The van der Waals surface area contributed by atoms with Crippen LogP contribution >= 0.6 is 11.6 Å². The van der Waals surface area contributed by atoms with Crippen LogP contribution in [0.3, 0.4) is 0 Å². The number of halogens is 3. The third kappa shape index (κ3) is 3.38. The van der Waals surface area contributed by atoms with Crippen molar-refractivity contribution >= 4 is 18.0 Å². The summed E-state index contributed by atoms with van der Waals surface area (Å²) in [5.74, 6) is -0.805. The lowest BCUT2D eigenvalue weighted by molar-refractivity contribution is -0.109. The lowest BCUT2D eigenvalue weighted by atomic mass is 9.93. The Morgan fingerprint density at radius 1 is 1.37 bits per heavy atom. The molecule has 2 atom stereocenters. The van der Waals surface area contributed by atoms with Gasteiger partial charge in [-0.2, -0.15) is 0 Å². The number of fused-ring (bicyclic) bond motifs is 1. The van der Waals surface area contributed by atoms with Gasteiger partial charge in [0.05, 0.1) is 11.6 Å². The predicted molar refractivity (Wildman–Crippen MR) is 98.0 cm³/mol. The molecule has 4 rings (SSSR count). The molecule has 7 heteroatoms. The number of amides is 1. The Labute approximate surface area is 160 Å². The number of rotatable bonds is 6. The summed E-state index contributed by atoms with van der Waals surface area (Å²) >= 11 is 5.85. The molecule has 1 amide bonds. The Kier molecular flexibility index (Phi) is 4.76. The molecule has 0 saturated heterocycles. The van der Waals surface area contributed by atoms with Crippen molar-refractivity contribution in [2.45, 2.75) is 31.6 Å². The highest BCUT2D eigenvalue weighted by atomic mass is 35.5. The maximum atomic E-state index is 13.9. The zero-order valence-electron chi connectivity index (χ0n) is 14.8. The normalized spacial score (nSPS) is 19.3. The van der Waals surface area contributed by atoms with Gasteiger partial charge in [0.1, 0.15) is 11.4 Å². The Morgan fingerprint density at radius 2 is 2.15 bits per heavy atom. The summed E-state index contributed by atoms with van der Waals surface area (Å²) in [7, 11) is 0. The van der Waals surface area contributed by atoms with Crippen molar-refractivity contribution in [3.05, 3.63) is 46.1 Å². The van der Waals surface area contributed by atoms with Crippen LogP contribution in [0.2, 0.25) is 5.02 Å². The van der Waals surface area contributed by atoms with Gasteiger partial charge in [-0.3, -0.25) is 4.79 Å². The van der Waals surface area contributed by atoms with E-state index < -0.39 is 11.6 Å². The van der Waals surface area contributed by atoms with Crippen LogP contribution < -0.4 is 10.1 Å². The van der Waals surface area contributed by atoms with E-state index in [1.54, 1.807) is 0 Å². The molecule has 1 fully saturated rings. The first kappa shape index (κ1) is 18.2. The molecular weight excluding hydrogens is 374 g/mol. The Bertz CT molecular complexity index is 879. The van der Waals surface area contributed by atoms with E-state index in [9.17, 15) is 13.6 Å². The van der Waals surface area contributed by atoms with Crippen molar-refractivity contribution in [2.24, 2.45) is 5.92 Å². The molecule has 1 aromatic heterocycles. The smallest absolute Gasteiger partial charge is 0.207 e. The van der Waals surface area contributed by atoms with Gasteiger partial charge in [-0.15, -0.1) is 0 Å². The molecule has 1 N–H and O–H groups in total. The fraction of sp³-hybridized carbons (Fsp3) is 0.400. The fourth-order valence-corrected chi connectivity index (χ4v) is 3.86. The molecule has 2 heterocycles. The number of nitrogens with one attached hydrogen (secondary N) is 1. The second-order valence-electron chi connectivity index (χ2n) is 7.25. The Balaban J connectivity index is 1.85. The molecule has 1 aromatic carbocycles. The van der Waals surface area contributed by atoms with Gasteiger partial charge < -0.3 is 10.1 Å². The lowest BCUT2D eigenvalue weighted by Crippen LogP contribution is -2.22. The molecule has 1 saturated carbocycles. The number of aromatic nitrogens is 1. The van der Waals surface area contributed by atoms with Crippen molar-refractivity contribution in [2.75, 3.05) is 13.2 Å². The first-order valence-corrected chi connectivity index (χ1v) is 9.37. The van der Waals surface area contributed by atoms with Crippen molar-refractivity contribution in [1.29, 1.82) is 0 Å². The van der Waals surface area contributed by atoms with Gasteiger partial charge in [0.15, 0.2) is 11.6 Å². The summed E-state index contributed by atoms with van der Waals surface area (Å²) in [6.45, 7) is 3.05. The van der Waals surface area contributed by atoms with Crippen LogP contribution in [0.4, 0.5) is 8.78 Å².